The second-order valence-corrected chi connectivity index (χ2v) is 19.0. The van der Waals surface area contributed by atoms with Gasteiger partial charge in [-0.3, -0.25) is 14.4 Å². The highest BCUT2D eigenvalue weighted by Crippen LogP contribution is 2.14. The summed E-state index contributed by atoms with van der Waals surface area (Å²) < 4.78 is 16.8. The molecule has 0 amide bonds. The molecule has 0 aliphatic rings. The fourth-order valence-electron chi connectivity index (χ4n) is 7.71. The molecule has 6 nitrogen and oxygen atoms in total. The van der Waals surface area contributed by atoms with Crippen LogP contribution in [0, 0.1) is 0 Å². The number of hydrogen-bond acceptors (Lipinski definition) is 6. The van der Waals surface area contributed by atoms with E-state index in [1.807, 2.05) is 60.8 Å². The van der Waals surface area contributed by atoms with Gasteiger partial charge in [-0.05, 0) is 96.3 Å². The molecule has 0 saturated carbocycles. The lowest BCUT2D eigenvalue weighted by atomic mass is 10.1. The number of allylic oxidation sites excluding steroid dienone is 22. The molecule has 0 fully saturated rings. The van der Waals surface area contributed by atoms with Crippen molar-refractivity contribution in [2.45, 2.75) is 252 Å². The van der Waals surface area contributed by atoms with Crippen molar-refractivity contribution in [3.05, 3.63) is 134 Å². The Morgan fingerprint density at radius 2 is 0.611 bits per heavy atom. The Kier molecular flexibility index (Phi) is 55.5. The van der Waals surface area contributed by atoms with Crippen molar-refractivity contribution in [1.29, 1.82) is 0 Å². The summed E-state index contributed by atoms with van der Waals surface area (Å²) in [5.41, 5.74) is 0. The molecule has 0 heterocycles. The molecule has 0 N–H and O–H groups in total. The second kappa shape index (κ2) is 59.1. The van der Waals surface area contributed by atoms with Crippen molar-refractivity contribution in [3.63, 3.8) is 0 Å². The molecule has 0 aromatic rings. The van der Waals surface area contributed by atoms with Crippen LogP contribution in [0.3, 0.4) is 0 Å². The van der Waals surface area contributed by atoms with Crippen LogP contribution in [0.5, 0.6) is 0 Å². The monoisotopic (exact) mass is 995 g/mol. The highest BCUT2D eigenvalue weighted by atomic mass is 16.6. The van der Waals surface area contributed by atoms with Crippen LogP contribution in [-0.4, -0.2) is 37.2 Å². The van der Waals surface area contributed by atoms with Crippen LogP contribution in [0.1, 0.15) is 245 Å². The Balaban J connectivity index is 4.52. The van der Waals surface area contributed by atoms with E-state index in [2.05, 4.69) is 93.7 Å². The van der Waals surface area contributed by atoms with Gasteiger partial charge >= 0.3 is 17.9 Å². The van der Waals surface area contributed by atoms with Crippen molar-refractivity contribution in [1.82, 2.24) is 0 Å². The van der Waals surface area contributed by atoms with Gasteiger partial charge in [-0.2, -0.15) is 0 Å². The van der Waals surface area contributed by atoms with Gasteiger partial charge < -0.3 is 14.2 Å². The highest BCUT2D eigenvalue weighted by Gasteiger charge is 2.19. The average Bonchev–Trinajstić information content (AvgIpc) is 3.38. The van der Waals surface area contributed by atoms with E-state index < -0.39 is 6.10 Å². The van der Waals surface area contributed by atoms with E-state index in [9.17, 15) is 14.4 Å². The predicted octanol–water partition coefficient (Wildman–Crippen LogP) is 19.8. The van der Waals surface area contributed by atoms with E-state index in [0.717, 1.165) is 116 Å². The van der Waals surface area contributed by atoms with Gasteiger partial charge in [-0.25, -0.2) is 0 Å². The Bertz CT molecular complexity index is 1560. The first-order chi connectivity index (χ1) is 35.5. The lowest BCUT2D eigenvalue weighted by molar-refractivity contribution is -0.167. The molecule has 0 aromatic carbocycles. The summed E-state index contributed by atoms with van der Waals surface area (Å²) in [6.45, 7) is 6.32. The number of rotatable bonds is 51. The highest BCUT2D eigenvalue weighted by molar-refractivity contribution is 5.71. The van der Waals surface area contributed by atoms with Crippen LogP contribution >= 0.6 is 0 Å². The standard InChI is InChI=1S/C66H106O6/c1-4-7-10-13-16-19-22-25-28-31-33-36-38-41-44-47-50-53-56-59-65(68)71-62-63(61-70-64(67)58-55-52-49-46-43-40-37-34-30-27-24-21-18-15-12-9-6-3)72-66(69)60-57-54-51-48-45-42-39-35-32-29-26-23-20-17-14-11-8-5-2/h7,9-10,12,15-16,18-19,21,24-25,27-30,32,34-35,37,39-40,43,63H,4-6,8,11,13-14,17,20,22-23,26,31,33,36,38,41-42,44-62H2,1-3H3/b10-7-,12-9-,18-15-,19-16-,24-21-,28-25-,30-27-,32-29-,37-34+,39-35-,43-40-. The second-order valence-electron chi connectivity index (χ2n) is 19.0. The first-order valence-electron chi connectivity index (χ1n) is 29.3. The number of hydrogen-bond donors (Lipinski definition) is 0. The lowest BCUT2D eigenvalue weighted by Crippen LogP contribution is -2.30. The summed E-state index contributed by atoms with van der Waals surface area (Å²) in [4.78, 5) is 38.2. The van der Waals surface area contributed by atoms with E-state index in [4.69, 9.17) is 14.2 Å². The van der Waals surface area contributed by atoms with Crippen molar-refractivity contribution < 1.29 is 28.6 Å². The third-order valence-corrected chi connectivity index (χ3v) is 12.1. The van der Waals surface area contributed by atoms with Crippen LogP contribution in [0.4, 0.5) is 0 Å². The molecule has 1 unspecified atom stereocenters. The SMILES string of the molecule is CC\C=C/C=C\C=C/C=C\C=C\C=C/CCCCCC(=O)OCC(COC(=O)CCCCCCCCCCC/C=C\C/C=C\C/C=C\CC)OC(=O)CCCCCCC/C=C\C=C/CCCCCCCCC. The lowest BCUT2D eigenvalue weighted by Gasteiger charge is -2.18. The van der Waals surface area contributed by atoms with Gasteiger partial charge in [-0.15, -0.1) is 0 Å². The average molecular weight is 996 g/mol. The summed E-state index contributed by atoms with van der Waals surface area (Å²) >= 11 is 0. The van der Waals surface area contributed by atoms with Crippen LogP contribution in [0.15, 0.2) is 134 Å². The maximum Gasteiger partial charge on any atom is 0.306 e. The summed E-state index contributed by atoms with van der Waals surface area (Å²) in [7, 11) is 0. The Morgan fingerprint density at radius 1 is 0.306 bits per heavy atom. The quantitative estimate of drug-likeness (QED) is 0.0199. The van der Waals surface area contributed by atoms with Gasteiger partial charge in [0.05, 0.1) is 0 Å². The fraction of sp³-hybridized carbons (Fsp3) is 0.621. The van der Waals surface area contributed by atoms with Gasteiger partial charge in [0.2, 0.25) is 0 Å². The summed E-state index contributed by atoms with van der Waals surface area (Å²) in [5, 5.41) is 0. The normalized spacial score (nSPS) is 13.1. The molecule has 0 saturated heterocycles. The van der Waals surface area contributed by atoms with E-state index in [1.54, 1.807) is 0 Å². The number of esters is 3. The maximum absolute atomic E-state index is 12.9. The Morgan fingerprint density at radius 3 is 1.04 bits per heavy atom. The minimum absolute atomic E-state index is 0.106. The van der Waals surface area contributed by atoms with E-state index in [1.165, 1.54) is 89.9 Å². The van der Waals surface area contributed by atoms with Crippen molar-refractivity contribution in [2.24, 2.45) is 0 Å². The molecule has 1 atom stereocenters. The molecular formula is C66H106O6. The fourth-order valence-corrected chi connectivity index (χ4v) is 7.71. The van der Waals surface area contributed by atoms with Gasteiger partial charge in [0.25, 0.3) is 0 Å². The Hall–Kier alpha value is -4.45. The minimum Gasteiger partial charge on any atom is -0.462 e. The zero-order chi connectivity index (χ0) is 52.2. The molecule has 0 bridgehead atoms. The molecule has 0 aliphatic heterocycles. The molecule has 0 aliphatic carbocycles. The molecule has 6 heteroatoms. The zero-order valence-electron chi connectivity index (χ0n) is 46.4. The predicted molar refractivity (Wildman–Crippen MR) is 311 cm³/mol. The van der Waals surface area contributed by atoms with Crippen molar-refractivity contribution in [3.8, 4) is 0 Å². The smallest absolute Gasteiger partial charge is 0.306 e. The third kappa shape index (κ3) is 56.5. The molecule has 0 rings (SSSR count). The molecule has 0 spiro atoms. The van der Waals surface area contributed by atoms with Crippen LogP contribution in [-0.2, 0) is 28.6 Å². The molecule has 0 radical (unpaired) electrons. The van der Waals surface area contributed by atoms with Gasteiger partial charge in [0.15, 0.2) is 6.10 Å². The van der Waals surface area contributed by atoms with E-state index in [-0.39, 0.29) is 31.1 Å². The number of unbranched alkanes of at least 4 members (excludes halogenated alkanes) is 24. The minimum atomic E-state index is -0.813. The molecular weight excluding hydrogens is 889 g/mol. The summed E-state index contributed by atoms with van der Waals surface area (Å²) in [6, 6.07) is 0. The van der Waals surface area contributed by atoms with Crippen LogP contribution < -0.4 is 0 Å². The molecule has 406 valence electrons. The van der Waals surface area contributed by atoms with Crippen LogP contribution in [0.25, 0.3) is 0 Å². The number of carbonyl (C=O) groups excluding carboxylic acids is 3. The topological polar surface area (TPSA) is 78.9 Å². The van der Waals surface area contributed by atoms with Crippen molar-refractivity contribution in [2.75, 3.05) is 13.2 Å². The molecule has 72 heavy (non-hydrogen) atoms. The maximum atomic E-state index is 12.9. The molecule has 0 aromatic heterocycles. The largest absolute Gasteiger partial charge is 0.462 e. The number of carbonyl (C=O) groups is 3. The third-order valence-electron chi connectivity index (χ3n) is 12.1. The zero-order valence-corrected chi connectivity index (χ0v) is 46.4. The van der Waals surface area contributed by atoms with Gasteiger partial charge in [0, 0.05) is 19.3 Å². The summed E-state index contributed by atoms with van der Waals surface area (Å²) in [5.74, 6) is -0.973. The van der Waals surface area contributed by atoms with E-state index in [0.29, 0.717) is 19.3 Å². The van der Waals surface area contributed by atoms with Gasteiger partial charge in [-0.1, -0.05) is 264 Å². The first kappa shape index (κ1) is 67.5. The van der Waals surface area contributed by atoms with Gasteiger partial charge in [0.1, 0.15) is 13.2 Å². The number of ether oxygens (including phenoxy) is 3. The van der Waals surface area contributed by atoms with Crippen molar-refractivity contribution >= 4 is 17.9 Å². The van der Waals surface area contributed by atoms with E-state index >= 15 is 0 Å². The van der Waals surface area contributed by atoms with Crippen LogP contribution in [0.2, 0.25) is 0 Å². The Labute approximate surface area is 443 Å². The summed E-state index contributed by atoms with van der Waals surface area (Å²) in [6.07, 6.45) is 82.9. The first-order valence-corrected chi connectivity index (χ1v) is 29.3.